The van der Waals surface area contributed by atoms with E-state index in [9.17, 15) is 4.79 Å². The van der Waals surface area contributed by atoms with Crippen molar-refractivity contribution in [2.24, 2.45) is 5.73 Å². The first-order valence-electron chi connectivity index (χ1n) is 5.60. The molecule has 0 aliphatic heterocycles. The van der Waals surface area contributed by atoms with E-state index in [0.717, 1.165) is 10.6 Å². The highest BCUT2D eigenvalue weighted by Crippen LogP contribution is 2.22. The average Bonchev–Trinajstić information content (AvgIpc) is 2.91. The van der Waals surface area contributed by atoms with Gasteiger partial charge >= 0.3 is 0 Å². The van der Waals surface area contributed by atoms with Gasteiger partial charge in [-0.05, 0) is 17.5 Å². The summed E-state index contributed by atoms with van der Waals surface area (Å²) in [5.74, 6) is 0. The second-order valence-corrected chi connectivity index (χ2v) is 4.71. The van der Waals surface area contributed by atoms with Crippen molar-refractivity contribution < 1.29 is 4.74 Å². The van der Waals surface area contributed by atoms with E-state index in [-0.39, 0.29) is 12.1 Å². The van der Waals surface area contributed by atoms with Crippen LogP contribution in [0.25, 0.3) is 10.6 Å². The summed E-state index contributed by atoms with van der Waals surface area (Å²) in [4.78, 5) is 13.0. The number of ether oxygens (including phenoxy) is 1. The minimum atomic E-state index is -0.144. The Morgan fingerprint density at radius 3 is 3.00 bits per heavy atom. The molecule has 6 heteroatoms. The lowest BCUT2D eigenvalue weighted by atomic mass is 10.2. The van der Waals surface area contributed by atoms with E-state index in [1.165, 1.54) is 4.68 Å². The Balaban J connectivity index is 2.46. The molecule has 2 rings (SSSR count). The monoisotopic (exact) mass is 265 g/mol. The van der Waals surface area contributed by atoms with Crippen LogP contribution in [0.2, 0.25) is 0 Å². The van der Waals surface area contributed by atoms with Gasteiger partial charge in [0.1, 0.15) is 5.69 Å². The largest absolute Gasteiger partial charge is 0.383 e. The van der Waals surface area contributed by atoms with E-state index in [0.29, 0.717) is 18.7 Å². The number of aromatic nitrogens is 2. The fourth-order valence-corrected chi connectivity index (χ4v) is 2.30. The van der Waals surface area contributed by atoms with Crippen LogP contribution in [0.3, 0.4) is 0 Å². The van der Waals surface area contributed by atoms with Gasteiger partial charge in [0.05, 0.1) is 18.0 Å². The molecule has 0 bridgehead atoms. The van der Waals surface area contributed by atoms with Gasteiger partial charge < -0.3 is 10.5 Å². The predicted octanol–water partition coefficient (Wildman–Crippen LogP) is 1.08. The van der Waals surface area contributed by atoms with E-state index in [4.69, 9.17) is 10.5 Å². The van der Waals surface area contributed by atoms with Crippen molar-refractivity contribution in [3.63, 3.8) is 0 Å². The molecular weight excluding hydrogens is 250 g/mol. The first kappa shape index (κ1) is 12.9. The number of nitrogens with two attached hydrogens (primary N) is 1. The molecule has 0 atom stereocenters. The minimum absolute atomic E-state index is 0.144. The van der Waals surface area contributed by atoms with E-state index in [1.54, 1.807) is 24.5 Å². The van der Waals surface area contributed by atoms with Gasteiger partial charge in [0, 0.05) is 19.2 Å². The third-order valence-electron chi connectivity index (χ3n) is 2.55. The van der Waals surface area contributed by atoms with Crippen molar-refractivity contribution in [2.45, 2.75) is 13.1 Å². The van der Waals surface area contributed by atoms with Crippen molar-refractivity contribution in [3.05, 3.63) is 39.5 Å². The Morgan fingerprint density at radius 2 is 2.39 bits per heavy atom. The normalized spacial score (nSPS) is 10.8. The molecule has 0 saturated heterocycles. The van der Waals surface area contributed by atoms with Crippen molar-refractivity contribution in [2.75, 3.05) is 13.7 Å². The SMILES string of the molecule is COCCn1nc(-c2cccs2)cc(CN)c1=O. The number of hydrogen-bond donors (Lipinski definition) is 1. The van der Waals surface area contributed by atoms with Crippen LogP contribution in [0, 0.1) is 0 Å². The lowest BCUT2D eigenvalue weighted by Crippen LogP contribution is -2.29. The van der Waals surface area contributed by atoms with Crippen LogP contribution in [0.15, 0.2) is 28.4 Å². The standard InChI is InChI=1S/C12H15N3O2S/c1-17-5-4-15-12(16)9(8-13)7-10(14-15)11-3-2-6-18-11/h2-3,6-7H,4-5,8,13H2,1H3. The molecule has 0 saturated carbocycles. The summed E-state index contributed by atoms with van der Waals surface area (Å²) in [5.41, 5.74) is 6.81. The Kier molecular flexibility index (Phi) is 4.24. The first-order valence-corrected chi connectivity index (χ1v) is 6.48. The predicted molar refractivity (Wildman–Crippen MR) is 71.6 cm³/mol. The van der Waals surface area contributed by atoms with E-state index >= 15 is 0 Å². The molecular formula is C12H15N3O2S. The zero-order valence-corrected chi connectivity index (χ0v) is 10.9. The van der Waals surface area contributed by atoms with Crippen LogP contribution < -0.4 is 11.3 Å². The Morgan fingerprint density at radius 1 is 1.56 bits per heavy atom. The van der Waals surface area contributed by atoms with Gasteiger partial charge in [0.15, 0.2) is 0 Å². The van der Waals surface area contributed by atoms with Crippen LogP contribution in [0.4, 0.5) is 0 Å². The highest BCUT2D eigenvalue weighted by atomic mass is 32.1. The fraction of sp³-hybridized carbons (Fsp3) is 0.333. The maximum atomic E-state index is 12.0. The van der Waals surface area contributed by atoms with Gasteiger partial charge in [-0.1, -0.05) is 6.07 Å². The highest BCUT2D eigenvalue weighted by Gasteiger charge is 2.09. The molecule has 0 unspecified atom stereocenters. The van der Waals surface area contributed by atoms with Crippen LogP contribution >= 0.6 is 11.3 Å². The number of nitrogens with zero attached hydrogens (tertiary/aromatic N) is 2. The molecule has 0 fully saturated rings. The van der Waals surface area contributed by atoms with Gasteiger partial charge in [-0.15, -0.1) is 11.3 Å². The molecule has 0 spiro atoms. The van der Waals surface area contributed by atoms with E-state index in [2.05, 4.69) is 5.10 Å². The van der Waals surface area contributed by atoms with E-state index in [1.807, 2.05) is 17.5 Å². The topological polar surface area (TPSA) is 70.1 Å². The minimum Gasteiger partial charge on any atom is -0.383 e. The molecule has 18 heavy (non-hydrogen) atoms. The molecule has 0 aliphatic rings. The molecule has 0 amide bonds. The summed E-state index contributed by atoms with van der Waals surface area (Å²) >= 11 is 1.58. The molecule has 96 valence electrons. The third-order valence-corrected chi connectivity index (χ3v) is 3.44. The fourth-order valence-electron chi connectivity index (χ4n) is 1.62. The Labute approximate surface area is 109 Å². The number of hydrogen-bond acceptors (Lipinski definition) is 5. The van der Waals surface area contributed by atoms with Crippen LogP contribution in [-0.4, -0.2) is 23.5 Å². The molecule has 0 aliphatic carbocycles. The summed E-state index contributed by atoms with van der Waals surface area (Å²) in [6.45, 7) is 1.10. The summed E-state index contributed by atoms with van der Waals surface area (Å²) < 4.78 is 6.39. The molecule has 5 nitrogen and oxygen atoms in total. The Bertz CT molecular complexity index is 563. The van der Waals surface area contributed by atoms with Crippen LogP contribution in [0.5, 0.6) is 0 Å². The smallest absolute Gasteiger partial charge is 0.271 e. The number of rotatable bonds is 5. The first-order chi connectivity index (χ1) is 8.76. The molecule has 2 aromatic heterocycles. The second-order valence-electron chi connectivity index (χ2n) is 3.76. The lowest BCUT2D eigenvalue weighted by molar-refractivity contribution is 0.182. The van der Waals surface area contributed by atoms with Gasteiger partial charge in [0.25, 0.3) is 5.56 Å². The van der Waals surface area contributed by atoms with Crippen LogP contribution in [-0.2, 0) is 17.8 Å². The third kappa shape index (κ3) is 2.66. The van der Waals surface area contributed by atoms with Crippen LogP contribution in [0.1, 0.15) is 5.56 Å². The lowest BCUT2D eigenvalue weighted by Gasteiger charge is -2.08. The van der Waals surface area contributed by atoms with Gasteiger partial charge in [0.2, 0.25) is 0 Å². The second kappa shape index (κ2) is 5.90. The molecule has 2 N–H and O–H groups in total. The molecule has 2 heterocycles. The Hall–Kier alpha value is -1.50. The molecule has 0 radical (unpaired) electrons. The number of methoxy groups -OCH3 is 1. The summed E-state index contributed by atoms with van der Waals surface area (Å²) in [6, 6.07) is 5.68. The number of thiophene rings is 1. The molecule has 2 aromatic rings. The highest BCUT2D eigenvalue weighted by molar-refractivity contribution is 7.13. The zero-order chi connectivity index (χ0) is 13.0. The average molecular weight is 265 g/mol. The quantitative estimate of drug-likeness (QED) is 0.878. The van der Waals surface area contributed by atoms with Gasteiger partial charge in [-0.3, -0.25) is 4.79 Å². The maximum Gasteiger partial charge on any atom is 0.271 e. The van der Waals surface area contributed by atoms with Crippen molar-refractivity contribution >= 4 is 11.3 Å². The van der Waals surface area contributed by atoms with Crippen molar-refractivity contribution in [1.82, 2.24) is 9.78 Å². The zero-order valence-electron chi connectivity index (χ0n) is 10.1. The van der Waals surface area contributed by atoms with Crippen molar-refractivity contribution in [1.29, 1.82) is 0 Å². The summed E-state index contributed by atoms with van der Waals surface area (Å²) in [7, 11) is 1.60. The van der Waals surface area contributed by atoms with Gasteiger partial charge in [-0.2, -0.15) is 5.10 Å². The maximum absolute atomic E-state index is 12.0. The van der Waals surface area contributed by atoms with E-state index < -0.39 is 0 Å². The van der Waals surface area contributed by atoms with Crippen molar-refractivity contribution in [3.8, 4) is 10.6 Å². The molecule has 0 aromatic carbocycles. The van der Waals surface area contributed by atoms with Gasteiger partial charge in [-0.25, -0.2) is 4.68 Å². The summed E-state index contributed by atoms with van der Waals surface area (Å²) in [5, 5.41) is 6.32. The summed E-state index contributed by atoms with van der Waals surface area (Å²) in [6.07, 6.45) is 0.